The van der Waals surface area contributed by atoms with Crippen molar-refractivity contribution in [1.82, 2.24) is 10.6 Å². The predicted octanol–water partition coefficient (Wildman–Crippen LogP) is 1.06. The summed E-state index contributed by atoms with van der Waals surface area (Å²) in [6.45, 7) is 0.301. The van der Waals surface area contributed by atoms with Crippen LogP contribution in [0.3, 0.4) is 0 Å². The molecule has 3 atom stereocenters. The van der Waals surface area contributed by atoms with Crippen molar-refractivity contribution >= 4 is 23.8 Å². The molecular formula is C12H22N2O4S. The van der Waals surface area contributed by atoms with Crippen molar-refractivity contribution < 1.29 is 19.4 Å². The molecule has 2 amide bonds. The largest absolute Gasteiger partial charge is 0.480 e. The van der Waals surface area contributed by atoms with Crippen molar-refractivity contribution in [3.63, 3.8) is 0 Å². The zero-order valence-electron chi connectivity index (χ0n) is 11.3. The third-order valence-corrected chi connectivity index (χ3v) is 4.36. The van der Waals surface area contributed by atoms with Gasteiger partial charge in [-0.3, -0.25) is 0 Å². The molecule has 0 heterocycles. The average molecular weight is 290 g/mol. The Labute approximate surface area is 117 Å². The number of amides is 2. The molecule has 0 bridgehead atoms. The van der Waals surface area contributed by atoms with E-state index < -0.39 is 18.0 Å². The second kappa shape index (κ2) is 8.27. The topological polar surface area (TPSA) is 87.7 Å². The van der Waals surface area contributed by atoms with Gasteiger partial charge in [0, 0.05) is 31.4 Å². The number of ether oxygens (including phenoxy) is 1. The van der Waals surface area contributed by atoms with Crippen LogP contribution < -0.4 is 10.6 Å². The highest BCUT2D eigenvalue weighted by Crippen LogP contribution is 2.27. The normalized spacial score (nSPS) is 23.9. The summed E-state index contributed by atoms with van der Waals surface area (Å²) in [5, 5.41) is 14.9. The Morgan fingerprint density at radius 2 is 2.21 bits per heavy atom. The number of thioether (sulfide) groups is 1. The van der Waals surface area contributed by atoms with Crippen LogP contribution in [0.2, 0.25) is 0 Å². The molecule has 110 valence electrons. The van der Waals surface area contributed by atoms with Gasteiger partial charge < -0.3 is 20.5 Å². The number of hydrogen-bond acceptors (Lipinski definition) is 4. The van der Waals surface area contributed by atoms with E-state index in [0.29, 0.717) is 11.9 Å². The fourth-order valence-electron chi connectivity index (χ4n) is 2.16. The molecule has 1 aliphatic carbocycles. The molecule has 0 radical (unpaired) electrons. The van der Waals surface area contributed by atoms with Crippen LogP contribution >= 0.6 is 11.8 Å². The molecule has 1 saturated carbocycles. The van der Waals surface area contributed by atoms with E-state index in [0.717, 1.165) is 19.3 Å². The van der Waals surface area contributed by atoms with Gasteiger partial charge in [-0.1, -0.05) is 0 Å². The molecule has 3 unspecified atom stereocenters. The zero-order chi connectivity index (χ0) is 14.3. The molecule has 1 fully saturated rings. The van der Waals surface area contributed by atoms with E-state index in [1.807, 2.05) is 11.8 Å². The highest BCUT2D eigenvalue weighted by atomic mass is 32.2. The number of carbonyl (C=O) groups is 2. The molecule has 0 aliphatic heterocycles. The Balaban J connectivity index is 2.34. The zero-order valence-corrected chi connectivity index (χ0v) is 12.2. The first kappa shape index (κ1) is 16.1. The first-order chi connectivity index (χ1) is 9.06. The Kier molecular flexibility index (Phi) is 7.01. The van der Waals surface area contributed by atoms with E-state index in [4.69, 9.17) is 9.84 Å². The van der Waals surface area contributed by atoms with E-state index in [-0.39, 0.29) is 12.5 Å². The summed E-state index contributed by atoms with van der Waals surface area (Å²) in [4.78, 5) is 22.7. The fraction of sp³-hybridized carbons (Fsp3) is 0.833. The summed E-state index contributed by atoms with van der Waals surface area (Å²) in [7, 11) is 1.50. The molecule has 19 heavy (non-hydrogen) atoms. The van der Waals surface area contributed by atoms with Crippen molar-refractivity contribution in [2.75, 3.05) is 20.0 Å². The van der Waals surface area contributed by atoms with Crippen molar-refractivity contribution in [2.45, 2.75) is 43.0 Å². The highest BCUT2D eigenvalue weighted by molar-refractivity contribution is 7.99. The van der Waals surface area contributed by atoms with Crippen LogP contribution in [0, 0.1) is 0 Å². The number of urea groups is 1. The lowest BCUT2D eigenvalue weighted by Crippen LogP contribution is -2.48. The molecular weight excluding hydrogens is 268 g/mol. The van der Waals surface area contributed by atoms with Gasteiger partial charge in [0.1, 0.15) is 6.04 Å². The summed E-state index contributed by atoms with van der Waals surface area (Å²) in [5.41, 5.74) is 0. The fourth-order valence-corrected chi connectivity index (χ4v) is 2.96. The summed E-state index contributed by atoms with van der Waals surface area (Å²) < 4.78 is 4.83. The van der Waals surface area contributed by atoms with Crippen LogP contribution in [-0.2, 0) is 9.53 Å². The lowest BCUT2D eigenvalue weighted by molar-refractivity contribution is -0.139. The standard InChI is InChI=1S/C12H22N2O4S/c1-18-6-5-10(11(15)16)14-12(17)13-8-3-4-9(7-8)19-2/h8-10H,3-7H2,1-2H3,(H,15,16)(H2,13,14,17). The smallest absolute Gasteiger partial charge is 0.326 e. The Hall–Kier alpha value is -0.950. The first-order valence-corrected chi connectivity index (χ1v) is 7.67. The minimum atomic E-state index is -1.04. The van der Waals surface area contributed by atoms with Gasteiger partial charge in [0.25, 0.3) is 0 Å². The molecule has 1 rings (SSSR count). The van der Waals surface area contributed by atoms with E-state index in [2.05, 4.69) is 16.9 Å². The van der Waals surface area contributed by atoms with Crippen LogP contribution in [0.5, 0.6) is 0 Å². The van der Waals surface area contributed by atoms with Gasteiger partial charge in [-0.05, 0) is 25.5 Å². The summed E-state index contributed by atoms with van der Waals surface area (Å²) >= 11 is 1.81. The van der Waals surface area contributed by atoms with E-state index in [1.54, 1.807) is 0 Å². The molecule has 1 aliphatic rings. The average Bonchev–Trinajstić information content (AvgIpc) is 2.81. The second-order valence-electron chi connectivity index (χ2n) is 4.66. The monoisotopic (exact) mass is 290 g/mol. The van der Waals surface area contributed by atoms with Crippen LogP contribution in [0.25, 0.3) is 0 Å². The summed E-state index contributed by atoms with van der Waals surface area (Å²) in [5.74, 6) is -1.04. The van der Waals surface area contributed by atoms with Crippen molar-refractivity contribution in [2.24, 2.45) is 0 Å². The number of carboxylic acid groups (broad SMARTS) is 1. The maximum Gasteiger partial charge on any atom is 0.326 e. The maximum absolute atomic E-state index is 11.7. The first-order valence-electron chi connectivity index (χ1n) is 6.38. The Bertz CT molecular complexity index is 314. The van der Waals surface area contributed by atoms with E-state index >= 15 is 0 Å². The SMILES string of the molecule is COCCC(NC(=O)NC1CCC(SC)C1)C(=O)O. The van der Waals surface area contributed by atoms with Crippen molar-refractivity contribution in [3.8, 4) is 0 Å². The second-order valence-corrected chi connectivity index (χ2v) is 5.80. The Morgan fingerprint density at radius 3 is 2.74 bits per heavy atom. The van der Waals surface area contributed by atoms with Crippen molar-refractivity contribution in [3.05, 3.63) is 0 Å². The number of carboxylic acids is 1. The highest BCUT2D eigenvalue weighted by Gasteiger charge is 2.26. The number of hydrogen-bond donors (Lipinski definition) is 3. The third kappa shape index (κ3) is 5.69. The van der Waals surface area contributed by atoms with Gasteiger partial charge >= 0.3 is 12.0 Å². The molecule has 0 aromatic carbocycles. The van der Waals surface area contributed by atoms with Gasteiger partial charge in [0.05, 0.1) is 0 Å². The lowest BCUT2D eigenvalue weighted by Gasteiger charge is -2.17. The van der Waals surface area contributed by atoms with Crippen LogP contribution in [0.1, 0.15) is 25.7 Å². The lowest BCUT2D eigenvalue weighted by atomic mass is 10.2. The molecule has 6 nitrogen and oxygen atoms in total. The quantitative estimate of drug-likeness (QED) is 0.652. The van der Waals surface area contributed by atoms with E-state index in [9.17, 15) is 9.59 Å². The molecule has 3 N–H and O–H groups in total. The van der Waals surface area contributed by atoms with Gasteiger partial charge in [-0.2, -0.15) is 11.8 Å². The minimum Gasteiger partial charge on any atom is -0.480 e. The summed E-state index contributed by atoms with van der Waals surface area (Å²) in [6, 6.07) is -1.16. The van der Waals surface area contributed by atoms with Gasteiger partial charge in [-0.25, -0.2) is 9.59 Å². The molecule has 0 spiro atoms. The summed E-state index contributed by atoms with van der Waals surface area (Å²) in [6.07, 6.45) is 5.33. The van der Waals surface area contributed by atoms with Crippen LogP contribution in [0.15, 0.2) is 0 Å². The minimum absolute atomic E-state index is 0.148. The molecule has 0 aromatic rings. The van der Waals surface area contributed by atoms with Gasteiger partial charge in [0.15, 0.2) is 0 Å². The number of aliphatic carboxylic acids is 1. The molecule has 0 aromatic heterocycles. The van der Waals surface area contributed by atoms with Gasteiger partial charge in [0.2, 0.25) is 0 Å². The Morgan fingerprint density at radius 1 is 1.47 bits per heavy atom. The van der Waals surface area contributed by atoms with Gasteiger partial charge in [-0.15, -0.1) is 0 Å². The number of carbonyl (C=O) groups excluding carboxylic acids is 1. The maximum atomic E-state index is 11.7. The third-order valence-electron chi connectivity index (χ3n) is 3.27. The number of rotatable bonds is 7. The predicted molar refractivity (Wildman–Crippen MR) is 74.5 cm³/mol. The van der Waals surface area contributed by atoms with Crippen molar-refractivity contribution in [1.29, 1.82) is 0 Å². The van der Waals surface area contributed by atoms with Crippen LogP contribution in [-0.4, -0.2) is 54.4 Å². The van der Waals surface area contributed by atoms with E-state index in [1.165, 1.54) is 7.11 Å². The molecule has 0 saturated heterocycles. The molecule has 7 heteroatoms. The number of methoxy groups -OCH3 is 1. The van der Waals surface area contributed by atoms with Crippen LogP contribution in [0.4, 0.5) is 4.79 Å². The number of nitrogens with one attached hydrogen (secondary N) is 2.